The summed E-state index contributed by atoms with van der Waals surface area (Å²) in [6.45, 7) is 1.34. The maximum atomic E-state index is 12.4. The summed E-state index contributed by atoms with van der Waals surface area (Å²) in [5.41, 5.74) is 1.95. The minimum absolute atomic E-state index is 0.176. The Bertz CT molecular complexity index is 792. The maximum absolute atomic E-state index is 12.4. The number of rotatable bonds is 4. The number of carbonyl (C=O) groups excluding carboxylic acids is 2. The normalized spacial score (nSPS) is 14.1. The molecule has 0 spiro atoms. The second kappa shape index (κ2) is 7.24. The van der Waals surface area contributed by atoms with Gasteiger partial charge in [-0.25, -0.2) is 0 Å². The van der Waals surface area contributed by atoms with Crippen molar-refractivity contribution >= 4 is 40.7 Å². The molecule has 1 heterocycles. The van der Waals surface area contributed by atoms with Crippen molar-refractivity contribution in [3.63, 3.8) is 0 Å². The van der Waals surface area contributed by atoms with Gasteiger partial charge in [0.05, 0.1) is 15.6 Å². The summed E-state index contributed by atoms with van der Waals surface area (Å²) in [5.74, 6) is -0.146. The maximum Gasteiger partial charge on any atom is 0.257 e. The predicted molar refractivity (Wildman–Crippen MR) is 95.5 cm³/mol. The SMILES string of the molecule is O=C(Nc1cccc(CN2CCCC2=O)c1)c1cccc(Cl)c1Cl. The van der Waals surface area contributed by atoms with Crippen molar-refractivity contribution in [3.8, 4) is 0 Å². The van der Waals surface area contributed by atoms with Crippen molar-refractivity contribution in [2.45, 2.75) is 19.4 Å². The Labute approximate surface area is 150 Å². The Balaban J connectivity index is 1.73. The van der Waals surface area contributed by atoms with Gasteiger partial charge in [-0.15, -0.1) is 0 Å². The van der Waals surface area contributed by atoms with Crippen molar-refractivity contribution in [1.82, 2.24) is 4.90 Å². The molecule has 0 aliphatic carbocycles. The fourth-order valence-corrected chi connectivity index (χ4v) is 3.10. The van der Waals surface area contributed by atoms with Crippen LogP contribution in [0.1, 0.15) is 28.8 Å². The van der Waals surface area contributed by atoms with E-state index in [1.807, 2.05) is 23.1 Å². The molecule has 1 N–H and O–H groups in total. The summed E-state index contributed by atoms with van der Waals surface area (Å²) in [7, 11) is 0. The third-order valence-electron chi connectivity index (χ3n) is 3.93. The molecule has 1 aliphatic rings. The van der Waals surface area contributed by atoms with Gasteiger partial charge >= 0.3 is 0 Å². The number of nitrogens with one attached hydrogen (secondary N) is 1. The first-order valence-corrected chi connectivity index (χ1v) is 8.42. The number of hydrogen-bond donors (Lipinski definition) is 1. The van der Waals surface area contributed by atoms with Crippen LogP contribution in [0.25, 0.3) is 0 Å². The van der Waals surface area contributed by atoms with Crippen LogP contribution in [0.15, 0.2) is 42.5 Å². The van der Waals surface area contributed by atoms with Crippen LogP contribution >= 0.6 is 23.2 Å². The Kier molecular flexibility index (Phi) is 5.07. The first-order chi connectivity index (χ1) is 11.5. The van der Waals surface area contributed by atoms with Gasteiger partial charge < -0.3 is 10.2 Å². The van der Waals surface area contributed by atoms with Crippen LogP contribution in [-0.4, -0.2) is 23.3 Å². The van der Waals surface area contributed by atoms with Gasteiger partial charge in [0.1, 0.15) is 0 Å². The van der Waals surface area contributed by atoms with Crippen LogP contribution in [0.4, 0.5) is 5.69 Å². The van der Waals surface area contributed by atoms with Gasteiger partial charge in [-0.2, -0.15) is 0 Å². The largest absolute Gasteiger partial charge is 0.338 e. The standard InChI is InChI=1S/C18H16Cl2N2O2/c19-15-7-2-6-14(17(15)20)18(24)21-13-5-1-4-12(10-13)11-22-9-3-8-16(22)23/h1-2,4-7,10H,3,8-9,11H2,(H,21,24). The van der Waals surface area contributed by atoms with Gasteiger partial charge in [0.15, 0.2) is 0 Å². The lowest BCUT2D eigenvalue weighted by atomic mass is 10.1. The smallest absolute Gasteiger partial charge is 0.257 e. The lowest BCUT2D eigenvalue weighted by molar-refractivity contribution is -0.128. The van der Waals surface area contributed by atoms with E-state index in [2.05, 4.69) is 5.32 Å². The number of likely N-dealkylation sites (tertiary alicyclic amines) is 1. The minimum atomic E-state index is -0.322. The molecule has 6 heteroatoms. The van der Waals surface area contributed by atoms with Crippen LogP contribution in [0.2, 0.25) is 10.0 Å². The van der Waals surface area contributed by atoms with Gasteiger partial charge in [0.2, 0.25) is 5.91 Å². The molecule has 0 atom stereocenters. The fourth-order valence-electron chi connectivity index (χ4n) is 2.72. The van der Waals surface area contributed by atoms with Gasteiger partial charge in [0.25, 0.3) is 5.91 Å². The van der Waals surface area contributed by atoms with Crippen LogP contribution < -0.4 is 5.32 Å². The molecule has 2 aromatic rings. The van der Waals surface area contributed by atoms with E-state index in [0.717, 1.165) is 18.5 Å². The van der Waals surface area contributed by atoms with Crippen LogP contribution in [-0.2, 0) is 11.3 Å². The third-order valence-corrected chi connectivity index (χ3v) is 4.74. The lowest BCUT2D eigenvalue weighted by Crippen LogP contribution is -2.23. The second-order valence-corrected chi connectivity index (χ2v) is 6.46. The molecule has 0 unspecified atom stereocenters. The van der Waals surface area contributed by atoms with E-state index in [-0.39, 0.29) is 16.8 Å². The van der Waals surface area contributed by atoms with Crippen molar-refractivity contribution in [1.29, 1.82) is 0 Å². The number of benzene rings is 2. The Morgan fingerprint density at radius 2 is 1.96 bits per heavy atom. The molecule has 124 valence electrons. The summed E-state index contributed by atoms with van der Waals surface area (Å²) < 4.78 is 0. The highest BCUT2D eigenvalue weighted by atomic mass is 35.5. The number of carbonyl (C=O) groups is 2. The Hall–Kier alpha value is -2.04. The zero-order valence-electron chi connectivity index (χ0n) is 12.9. The molecule has 0 aromatic heterocycles. The van der Waals surface area contributed by atoms with Crippen molar-refractivity contribution in [2.75, 3.05) is 11.9 Å². The number of anilines is 1. The second-order valence-electron chi connectivity index (χ2n) is 5.67. The van der Waals surface area contributed by atoms with E-state index < -0.39 is 0 Å². The number of hydrogen-bond acceptors (Lipinski definition) is 2. The molecule has 3 rings (SSSR count). The zero-order chi connectivity index (χ0) is 17.1. The van der Waals surface area contributed by atoms with Crippen molar-refractivity contribution < 1.29 is 9.59 Å². The molecule has 1 fully saturated rings. The third kappa shape index (κ3) is 3.71. The zero-order valence-corrected chi connectivity index (χ0v) is 14.4. The summed E-state index contributed by atoms with van der Waals surface area (Å²) >= 11 is 12.0. The molecule has 4 nitrogen and oxygen atoms in total. The summed E-state index contributed by atoms with van der Waals surface area (Å²) in [6, 6.07) is 12.4. The van der Waals surface area contributed by atoms with Crippen LogP contribution in [0, 0.1) is 0 Å². The highest BCUT2D eigenvalue weighted by Crippen LogP contribution is 2.26. The molecule has 1 saturated heterocycles. The molecular formula is C18H16Cl2N2O2. The summed E-state index contributed by atoms with van der Waals surface area (Å²) in [4.78, 5) is 25.9. The lowest BCUT2D eigenvalue weighted by Gasteiger charge is -2.16. The fraction of sp³-hybridized carbons (Fsp3) is 0.222. The average molecular weight is 363 g/mol. The van der Waals surface area contributed by atoms with Gasteiger partial charge in [-0.3, -0.25) is 9.59 Å². The number of amides is 2. The average Bonchev–Trinajstić information content (AvgIpc) is 2.95. The van der Waals surface area contributed by atoms with Gasteiger partial charge in [0, 0.05) is 25.2 Å². The van der Waals surface area contributed by atoms with E-state index in [1.165, 1.54) is 0 Å². The Morgan fingerprint density at radius 3 is 2.71 bits per heavy atom. The highest BCUT2D eigenvalue weighted by molar-refractivity contribution is 6.44. The number of nitrogens with zero attached hydrogens (tertiary/aromatic N) is 1. The minimum Gasteiger partial charge on any atom is -0.338 e. The molecule has 24 heavy (non-hydrogen) atoms. The first kappa shape index (κ1) is 16.8. The molecule has 0 radical (unpaired) electrons. The Morgan fingerprint density at radius 1 is 1.17 bits per heavy atom. The van der Waals surface area contributed by atoms with Crippen molar-refractivity contribution in [2.24, 2.45) is 0 Å². The molecule has 2 aromatic carbocycles. The van der Waals surface area contributed by atoms with E-state index in [4.69, 9.17) is 23.2 Å². The van der Waals surface area contributed by atoms with Gasteiger partial charge in [-0.05, 0) is 36.2 Å². The first-order valence-electron chi connectivity index (χ1n) is 7.66. The molecular weight excluding hydrogens is 347 g/mol. The number of halogens is 2. The van der Waals surface area contributed by atoms with E-state index in [1.54, 1.807) is 24.3 Å². The molecule has 0 bridgehead atoms. The summed E-state index contributed by atoms with van der Waals surface area (Å²) in [6.07, 6.45) is 1.52. The summed E-state index contributed by atoms with van der Waals surface area (Å²) in [5, 5.41) is 3.39. The van der Waals surface area contributed by atoms with Crippen LogP contribution in [0.5, 0.6) is 0 Å². The predicted octanol–water partition coefficient (Wildman–Crippen LogP) is 4.37. The molecule has 1 aliphatic heterocycles. The monoisotopic (exact) mass is 362 g/mol. The molecule has 0 saturated carbocycles. The van der Waals surface area contributed by atoms with E-state index in [0.29, 0.717) is 29.2 Å². The van der Waals surface area contributed by atoms with E-state index in [9.17, 15) is 9.59 Å². The molecule has 2 amide bonds. The van der Waals surface area contributed by atoms with E-state index >= 15 is 0 Å². The topological polar surface area (TPSA) is 49.4 Å². The van der Waals surface area contributed by atoms with Crippen LogP contribution in [0.3, 0.4) is 0 Å². The highest BCUT2D eigenvalue weighted by Gasteiger charge is 2.20. The van der Waals surface area contributed by atoms with Crippen molar-refractivity contribution in [3.05, 3.63) is 63.6 Å². The quantitative estimate of drug-likeness (QED) is 0.877. The van der Waals surface area contributed by atoms with Gasteiger partial charge in [-0.1, -0.05) is 41.4 Å².